The van der Waals surface area contributed by atoms with Gasteiger partial charge in [-0.2, -0.15) is 0 Å². The van der Waals surface area contributed by atoms with Crippen molar-refractivity contribution in [3.05, 3.63) is 93.4 Å². The Hall–Kier alpha value is -2.67. The Morgan fingerprint density at radius 2 is 1.56 bits per heavy atom. The summed E-state index contributed by atoms with van der Waals surface area (Å²) in [5, 5.41) is 3.35. The molecule has 0 radical (unpaired) electrons. The summed E-state index contributed by atoms with van der Waals surface area (Å²) in [7, 11) is 0. The highest BCUT2D eigenvalue weighted by molar-refractivity contribution is 9.10. The van der Waals surface area contributed by atoms with Crippen LogP contribution in [0.5, 0.6) is 0 Å². The number of carbonyl (C=O) groups is 2. The average molecular weight is 513 g/mol. The normalized spacial score (nSPS) is 14.2. The molecule has 4 rings (SSSR count). The maximum atomic E-state index is 13.1. The molecule has 7 heteroatoms. The minimum absolute atomic E-state index is 0.151. The van der Waals surface area contributed by atoms with Crippen LogP contribution in [0.4, 0.5) is 11.4 Å². The van der Waals surface area contributed by atoms with Crippen LogP contribution in [-0.4, -0.2) is 49.3 Å². The van der Waals surface area contributed by atoms with Gasteiger partial charge in [-0.25, -0.2) is 0 Å². The van der Waals surface area contributed by atoms with E-state index in [9.17, 15) is 9.59 Å². The summed E-state index contributed by atoms with van der Waals surface area (Å²) in [6.07, 6.45) is 0. The first-order chi connectivity index (χ1) is 15.5. The molecule has 0 aromatic heterocycles. The van der Waals surface area contributed by atoms with Gasteiger partial charge in [0.2, 0.25) is 5.91 Å². The van der Waals surface area contributed by atoms with Crippen LogP contribution in [-0.2, 0) is 4.79 Å². The van der Waals surface area contributed by atoms with Crippen LogP contribution in [0.15, 0.2) is 77.3 Å². The van der Waals surface area contributed by atoms with Crippen LogP contribution in [0, 0.1) is 0 Å². The molecule has 164 valence electrons. The molecule has 3 aromatic rings. The smallest absolute Gasteiger partial charge is 0.238 e. The molecule has 0 spiro atoms. The van der Waals surface area contributed by atoms with E-state index in [1.54, 1.807) is 30.3 Å². The summed E-state index contributed by atoms with van der Waals surface area (Å²) in [5.74, 6) is -0.353. The third-order valence-electron chi connectivity index (χ3n) is 5.48. The van der Waals surface area contributed by atoms with Crippen LogP contribution in [0.1, 0.15) is 15.9 Å². The molecule has 0 unspecified atom stereocenters. The quantitative estimate of drug-likeness (QED) is 0.467. The maximum Gasteiger partial charge on any atom is 0.238 e. The number of nitrogens with one attached hydrogen (secondary N) is 1. The number of para-hydroxylation sites is 1. The first-order valence-electron chi connectivity index (χ1n) is 10.4. The van der Waals surface area contributed by atoms with Crippen molar-refractivity contribution >= 4 is 50.6 Å². The van der Waals surface area contributed by atoms with E-state index in [2.05, 4.69) is 43.2 Å². The van der Waals surface area contributed by atoms with Crippen LogP contribution in [0.25, 0.3) is 0 Å². The predicted octanol–water partition coefficient (Wildman–Crippen LogP) is 5.09. The molecule has 0 saturated carbocycles. The molecule has 1 aliphatic heterocycles. The second-order valence-corrected chi connectivity index (χ2v) is 8.94. The van der Waals surface area contributed by atoms with Gasteiger partial charge in [-0.15, -0.1) is 0 Å². The summed E-state index contributed by atoms with van der Waals surface area (Å²) in [6, 6.07) is 22.4. The molecule has 5 nitrogen and oxygen atoms in total. The molecule has 3 aromatic carbocycles. The number of rotatable bonds is 6. The van der Waals surface area contributed by atoms with Gasteiger partial charge in [0.05, 0.1) is 12.2 Å². The summed E-state index contributed by atoms with van der Waals surface area (Å²) >= 11 is 9.58. The number of amides is 1. The fourth-order valence-corrected chi connectivity index (χ4v) is 4.44. The SMILES string of the molecule is O=C(CN1CCN(c2ccccc2)CC1)Nc1ccc(Cl)cc1C(=O)c1ccccc1Br. The zero-order valence-electron chi connectivity index (χ0n) is 17.4. The molecule has 1 heterocycles. The van der Waals surface area contributed by atoms with Gasteiger partial charge in [-0.1, -0.05) is 57.9 Å². The highest BCUT2D eigenvalue weighted by Gasteiger charge is 2.21. The number of halogens is 2. The molecule has 1 fully saturated rings. The molecule has 1 aliphatic rings. The van der Waals surface area contributed by atoms with Gasteiger partial charge < -0.3 is 10.2 Å². The van der Waals surface area contributed by atoms with Crippen molar-refractivity contribution < 1.29 is 9.59 Å². The largest absolute Gasteiger partial charge is 0.369 e. The lowest BCUT2D eigenvalue weighted by atomic mass is 10.0. The lowest BCUT2D eigenvalue weighted by molar-refractivity contribution is -0.117. The minimum Gasteiger partial charge on any atom is -0.369 e. The number of benzene rings is 3. The Labute approximate surface area is 201 Å². The summed E-state index contributed by atoms with van der Waals surface area (Å²) in [6.45, 7) is 3.60. The Bertz CT molecular complexity index is 1120. The number of piperazine rings is 1. The molecule has 1 saturated heterocycles. The van der Waals surface area contributed by atoms with E-state index in [0.717, 1.165) is 26.2 Å². The summed E-state index contributed by atoms with van der Waals surface area (Å²) in [4.78, 5) is 30.3. The number of hydrogen-bond donors (Lipinski definition) is 1. The predicted molar refractivity (Wildman–Crippen MR) is 133 cm³/mol. The van der Waals surface area contributed by atoms with Crippen LogP contribution >= 0.6 is 27.5 Å². The molecular formula is C25H23BrClN3O2. The molecule has 1 N–H and O–H groups in total. The van der Waals surface area contributed by atoms with Crippen molar-refractivity contribution in [2.75, 3.05) is 42.9 Å². The fraction of sp³-hybridized carbons (Fsp3) is 0.200. The average Bonchev–Trinajstić information content (AvgIpc) is 2.81. The topological polar surface area (TPSA) is 52.7 Å². The maximum absolute atomic E-state index is 13.1. The zero-order chi connectivity index (χ0) is 22.5. The number of ketones is 1. The van der Waals surface area contributed by atoms with Gasteiger partial charge in [-0.3, -0.25) is 14.5 Å². The Balaban J connectivity index is 1.41. The molecular weight excluding hydrogens is 490 g/mol. The van der Waals surface area contributed by atoms with Gasteiger partial charge in [0, 0.05) is 52.5 Å². The number of hydrogen-bond acceptors (Lipinski definition) is 4. The van der Waals surface area contributed by atoms with Gasteiger partial charge in [0.1, 0.15) is 0 Å². The zero-order valence-corrected chi connectivity index (χ0v) is 19.8. The van der Waals surface area contributed by atoms with Crippen LogP contribution in [0.2, 0.25) is 5.02 Å². The van der Waals surface area contributed by atoms with E-state index in [4.69, 9.17) is 11.6 Å². The molecule has 1 amide bonds. The first-order valence-corrected chi connectivity index (χ1v) is 11.6. The Morgan fingerprint density at radius 1 is 0.875 bits per heavy atom. The standard InChI is InChI=1S/C25H23BrClN3O2/c26-22-9-5-4-8-20(22)25(32)21-16-18(27)10-11-23(21)28-24(31)17-29-12-14-30(15-13-29)19-6-2-1-3-7-19/h1-11,16H,12-15,17H2,(H,28,31). The molecule has 0 atom stereocenters. The van der Waals surface area contributed by atoms with E-state index < -0.39 is 0 Å². The van der Waals surface area contributed by atoms with Crippen molar-refractivity contribution in [3.8, 4) is 0 Å². The van der Waals surface area contributed by atoms with E-state index in [0.29, 0.717) is 26.3 Å². The number of carbonyl (C=O) groups excluding carboxylic acids is 2. The highest BCUT2D eigenvalue weighted by Crippen LogP contribution is 2.27. The van der Waals surface area contributed by atoms with Crippen molar-refractivity contribution in [2.24, 2.45) is 0 Å². The Kier molecular flexibility index (Phi) is 7.25. The first kappa shape index (κ1) is 22.5. The van der Waals surface area contributed by atoms with E-state index in [1.165, 1.54) is 5.69 Å². The number of anilines is 2. The lowest BCUT2D eigenvalue weighted by Gasteiger charge is -2.35. The van der Waals surface area contributed by atoms with Gasteiger partial charge in [0.15, 0.2) is 5.78 Å². The minimum atomic E-state index is -0.202. The molecule has 32 heavy (non-hydrogen) atoms. The van der Waals surface area contributed by atoms with Crippen molar-refractivity contribution in [1.29, 1.82) is 0 Å². The Morgan fingerprint density at radius 3 is 2.28 bits per heavy atom. The third-order valence-corrected chi connectivity index (χ3v) is 6.41. The van der Waals surface area contributed by atoms with Gasteiger partial charge >= 0.3 is 0 Å². The highest BCUT2D eigenvalue weighted by atomic mass is 79.9. The molecule has 0 aliphatic carbocycles. The fourth-order valence-electron chi connectivity index (χ4n) is 3.80. The molecule has 0 bridgehead atoms. The van der Waals surface area contributed by atoms with E-state index in [-0.39, 0.29) is 18.2 Å². The second-order valence-electron chi connectivity index (χ2n) is 7.65. The third kappa shape index (κ3) is 5.38. The van der Waals surface area contributed by atoms with Crippen molar-refractivity contribution in [2.45, 2.75) is 0 Å². The van der Waals surface area contributed by atoms with Gasteiger partial charge in [0.25, 0.3) is 0 Å². The second kappa shape index (κ2) is 10.3. The monoisotopic (exact) mass is 511 g/mol. The van der Waals surface area contributed by atoms with Crippen LogP contribution in [0.3, 0.4) is 0 Å². The van der Waals surface area contributed by atoms with Crippen LogP contribution < -0.4 is 10.2 Å². The summed E-state index contributed by atoms with van der Waals surface area (Å²) < 4.78 is 0.693. The summed E-state index contributed by atoms with van der Waals surface area (Å²) in [5.41, 5.74) is 2.55. The lowest BCUT2D eigenvalue weighted by Crippen LogP contribution is -2.48. The van der Waals surface area contributed by atoms with Crippen molar-refractivity contribution in [1.82, 2.24) is 4.90 Å². The van der Waals surface area contributed by atoms with Crippen molar-refractivity contribution in [3.63, 3.8) is 0 Å². The van der Waals surface area contributed by atoms with E-state index >= 15 is 0 Å². The van der Waals surface area contributed by atoms with Gasteiger partial charge in [-0.05, 0) is 42.5 Å². The number of nitrogens with zero attached hydrogens (tertiary/aromatic N) is 2. The van der Waals surface area contributed by atoms with E-state index in [1.807, 2.05) is 30.3 Å².